The summed E-state index contributed by atoms with van der Waals surface area (Å²) < 4.78 is 0. The predicted octanol–water partition coefficient (Wildman–Crippen LogP) is 3.23. The number of hydrogen-bond donors (Lipinski definition) is 1. The molecule has 0 rings (SSSR count). The molecule has 2 nitrogen and oxygen atoms in total. The summed E-state index contributed by atoms with van der Waals surface area (Å²) in [5, 5.41) is 2.90. The molecule has 0 aromatic rings. The minimum absolute atomic E-state index is 0.135. The maximum atomic E-state index is 11.4. The monoisotopic (exact) mass is 221 g/mol. The van der Waals surface area contributed by atoms with Crippen molar-refractivity contribution in [2.75, 3.05) is 6.54 Å². The van der Waals surface area contributed by atoms with Gasteiger partial charge in [0, 0.05) is 13.0 Å². The first kappa shape index (κ1) is 14.7. The lowest BCUT2D eigenvalue weighted by atomic mass is 10.1. The van der Waals surface area contributed by atoms with Gasteiger partial charge in [0.25, 0.3) is 0 Å². The lowest BCUT2D eigenvalue weighted by Gasteiger charge is -2.07. The van der Waals surface area contributed by atoms with Gasteiger partial charge in [-0.1, -0.05) is 45.2 Å². The molecule has 16 heavy (non-hydrogen) atoms. The normalized spacial score (nSPS) is 11.3. The molecule has 0 atom stereocenters. The molecule has 0 bridgehead atoms. The molecule has 0 aromatic heterocycles. The first-order valence-corrected chi connectivity index (χ1v) is 5.80. The van der Waals surface area contributed by atoms with Gasteiger partial charge in [0.05, 0.1) is 0 Å². The molecule has 0 aliphatic carbocycles. The number of carbonyl (C=O) groups is 1. The summed E-state index contributed by atoms with van der Waals surface area (Å²) in [4.78, 5) is 11.4. The first-order chi connectivity index (χ1) is 7.60. The number of amides is 1. The third-order valence-corrected chi connectivity index (χ3v) is 2.28. The van der Waals surface area contributed by atoms with Crippen LogP contribution < -0.4 is 5.32 Å². The highest BCUT2D eigenvalue weighted by molar-refractivity contribution is 5.75. The van der Waals surface area contributed by atoms with Crippen LogP contribution in [0, 0.1) is 5.92 Å². The van der Waals surface area contributed by atoms with E-state index in [1.165, 1.54) is 0 Å². The summed E-state index contributed by atoms with van der Waals surface area (Å²) in [6.07, 6.45) is 7.81. The Morgan fingerprint density at radius 1 is 1.31 bits per heavy atom. The maximum absolute atomic E-state index is 11.4. The summed E-state index contributed by atoms with van der Waals surface area (Å²) in [5.74, 6) is 0.714. The third-order valence-electron chi connectivity index (χ3n) is 2.28. The number of allylic oxidation sites excluding steroid dienone is 3. The molecule has 0 aliphatic rings. The summed E-state index contributed by atoms with van der Waals surface area (Å²) in [6, 6.07) is 0. The Bertz CT molecular complexity index is 264. The molecule has 0 fully saturated rings. The zero-order valence-electron chi connectivity index (χ0n) is 10.5. The average molecular weight is 221 g/mol. The molecule has 0 aromatic carbocycles. The van der Waals surface area contributed by atoms with Gasteiger partial charge in [-0.2, -0.15) is 0 Å². The van der Waals surface area contributed by atoms with E-state index in [0.29, 0.717) is 18.9 Å². The van der Waals surface area contributed by atoms with E-state index in [2.05, 4.69) is 32.3 Å². The van der Waals surface area contributed by atoms with Crippen molar-refractivity contribution in [3.63, 3.8) is 0 Å². The van der Waals surface area contributed by atoms with E-state index in [0.717, 1.165) is 18.4 Å². The van der Waals surface area contributed by atoms with Gasteiger partial charge in [-0.25, -0.2) is 0 Å². The van der Waals surface area contributed by atoms with Gasteiger partial charge in [0.1, 0.15) is 0 Å². The van der Waals surface area contributed by atoms with E-state index >= 15 is 0 Å². The number of rotatable bonds is 8. The van der Waals surface area contributed by atoms with Crippen LogP contribution in [0.5, 0.6) is 0 Å². The number of carbonyl (C=O) groups excluding carboxylic acids is 1. The molecule has 0 heterocycles. The second-order valence-corrected chi connectivity index (χ2v) is 4.21. The molecule has 0 unspecified atom stereocenters. The number of nitrogens with one attached hydrogen (secondary N) is 1. The average Bonchev–Trinajstić information content (AvgIpc) is 2.25. The van der Waals surface area contributed by atoms with Gasteiger partial charge in [0.15, 0.2) is 0 Å². The van der Waals surface area contributed by atoms with Crippen LogP contribution in [-0.2, 0) is 4.79 Å². The molecule has 1 amide bonds. The van der Waals surface area contributed by atoms with Crippen molar-refractivity contribution in [3.05, 3.63) is 37.0 Å². The van der Waals surface area contributed by atoms with Crippen LogP contribution in [0.1, 0.15) is 33.1 Å². The standard InChI is InChI=1S/C14H23NO/c1-5-7-13(6-2)10-11-15-14(16)9-8-12(3)4/h5-7,12H,1-2,8-11H2,3-4H3,(H,15,16)/b13-7+. The Hall–Kier alpha value is -1.31. The minimum Gasteiger partial charge on any atom is -0.356 e. The van der Waals surface area contributed by atoms with Crippen LogP contribution in [0.3, 0.4) is 0 Å². The number of hydrogen-bond acceptors (Lipinski definition) is 1. The van der Waals surface area contributed by atoms with Crippen LogP contribution in [0.4, 0.5) is 0 Å². The smallest absolute Gasteiger partial charge is 0.220 e. The van der Waals surface area contributed by atoms with E-state index < -0.39 is 0 Å². The fraction of sp³-hybridized carbons (Fsp3) is 0.500. The maximum Gasteiger partial charge on any atom is 0.220 e. The Labute approximate surface area is 99.1 Å². The van der Waals surface area contributed by atoms with Crippen LogP contribution >= 0.6 is 0 Å². The highest BCUT2D eigenvalue weighted by Gasteiger charge is 2.02. The van der Waals surface area contributed by atoms with E-state index in [1.807, 2.05) is 6.08 Å². The Morgan fingerprint density at radius 2 is 2.00 bits per heavy atom. The van der Waals surface area contributed by atoms with Gasteiger partial charge in [0.2, 0.25) is 5.91 Å². The Kier molecular flexibility index (Phi) is 8.22. The third kappa shape index (κ3) is 8.04. The topological polar surface area (TPSA) is 29.1 Å². The molecule has 90 valence electrons. The van der Waals surface area contributed by atoms with Crippen molar-refractivity contribution < 1.29 is 4.79 Å². The van der Waals surface area contributed by atoms with E-state index in [-0.39, 0.29) is 5.91 Å². The molecular weight excluding hydrogens is 198 g/mol. The Morgan fingerprint density at radius 3 is 2.50 bits per heavy atom. The molecular formula is C14H23NO. The van der Waals surface area contributed by atoms with E-state index in [1.54, 1.807) is 12.2 Å². The highest BCUT2D eigenvalue weighted by Crippen LogP contribution is 2.04. The fourth-order valence-electron chi connectivity index (χ4n) is 1.26. The molecule has 0 radical (unpaired) electrons. The summed E-state index contributed by atoms with van der Waals surface area (Å²) in [7, 11) is 0. The predicted molar refractivity (Wildman–Crippen MR) is 70.2 cm³/mol. The first-order valence-electron chi connectivity index (χ1n) is 5.80. The second kappa shape index (κ2) is 8.96. The highest BCUT2D eigenvalue weighted by atomic mass is 16.1. The largest absolute Gasteiger partial charge is 0.356 e. The van der Waals surface area contributed by atoms with Crippen LogP contribution in [0.2, 0.25) is 0 Å². The Balaban J connectivity index is 3.72. The zero-order valence-corrected chi connectivity index (χ0v) is 10.5. The molecule has 0 spiro atoms. The lowest BCUT2D eigenvalue weighted by Crippen LogP contribution is -2.24. The molecule has 0 saturated heterocycles. The lowest BCUT2D eigenvalue weighted by molar-refractivity contribution is -0.121. The van der Waals surface area contributed by atoms with E-state index in [4.69, 9.17) is 0 Å². The summed E-state index contributed by atoms with van der Waals surface area (Å²) in [5.41, 5.74) is 1.10. The van der Waals surface area contributed by atoms with Gasteiger partial charge in [-0.3, -0.25) is 4.79 Å². The van der Waals surface area contributed by atoms with Crippen LogP contribution in [0.25, 0.3) is 0 Å². The van der Waals surface area contributed by atoms with Gasteiger partial charge < -0.3 is 5.32 Å². The summed E-state index contributed by atoms with van der Waals surface area (Å²) >= 11 is 0. The molecule has 1 N–H and O–H groups in total. The second-order valence-electron chi connectivity index (χ2n) is 4.21. The van der Waals surface area contributed by atoms with Gasteiger partial charge >= 0.3 is 0 Å². The van der Waals surface area contributed by atoms with Crippen molar-refractivity contribution in [1.82, 2.24) is 5.32 Å². The zero-order chi connectivity index (χ0) is 12.4. The van der Waals surface area contributed by atoms with Crippen molar-refractivity contribution in [3.8, 4) is 0 Å². The van der Waals surface area contributed by atoms with Crippen molar-refractivity contribution in [2.24, 2.45) is 5.92 Å². The molecule has 2 heteroatoms. The fourth-order valence-corrected chi connectivity index (χ4v) is 1.26. The van der Waals surface area contributed by atoms with Crippen LogP contribution in [-0.4, -0.2) is 12.5 Å². The SMILES string of the molecule is C=C/C=C(\C=C)CCNC(=O)CCC(C)C. The van der Waals surface area contributed by atoms with E-state index in [9.17, 15) is 4.79 Å². The van der Waals surface area contributed by atoms with Crippen molar-refractivity contribution in [1.29, 1.82) is 0 Å². The minimum atomic E-state index is 0.135. The molecule has 0 saturated carbocycles. The van der Waals surface area contributed by atoms with Crippen LogP contribution in [0.15, 0.2) is 37.0 Å². The van der Waals surface area contributed by atoms with Crippen molar-refractivity contribution >= 4 is 5.91 Å². The quantitative estimate of drug-likeness (QED) is 0.626. The summed E-state index contributed by atoms with van der Waals surface area (Å²) in [6.45, 7) is 12.2. The van der Waals surface area contributed by atoms with Gasteiger partial charge in [-0.05, 0) is 24.3 Å². The molecule has 0 aliphatic heterocycles. The van der Waals surface area contributed by atoms with Gasteiger partial charge in [-0.15, -0.1) is 0 Å². The van der Waals surface area contributed by atoms with Crippen molar-refractivity contribution in [2.45, 2.75) is 33.1 Å².